The van der Waals surface area contributed by atoms with Gasteiger partial charge in [-0.05, 0) is 30.3 Å². The fourth-order valence-corrected chi connectivity index (χ4v) is 1.47. The Morgan fingerprint density at radius 2 is 2.24 bits per heavy atom. The Labute approximate surface area is 104 Å². The standard InChI is InChI=1S/C11H12ClN3O2/c1-3-15(2)11-13-10(17-14-11)8-5-4-7(12)6-9(8)16/h4-6,16H,3H2,1-2H3. The molecule has 2 aromatic rings. The van der Waals surface area contributed by atoms with Crippen LogP contribution < -0.4 is 4.90 Å². The number of phenols is 1. The van der Waals surface area contributed by atoms with Crippen LogP contribution in [0, 0.1) is 0 Å². The predicted octanol–water partition coefficient (Wildman–Crippen LogP) is 2.55. The highest BCUT2D eigenvalue weighted by atomic mass is 35.5. The van der Waals surface area contributed by atoms with E-state index < -0.39 is 0 Å². The summed E-state index contributed by atoms with van der Waals surface area (Å²) in [6.45, 7) is 2.75. The van der Waals surface area contributed by atoms with Gasteiger partial charge in [-0.25, -0.2) is 0 Å². The second kappa shape index (κ2) is 4.63. The Balaban J connectivity index is 2.37. The molecule has 2 rings (SSSR count). The van der Waals surface area contributed by atoms with Gasteiger partial charge in [-0.15, -0.1) is 0 Å². The predicted molar refractivity (Wildman–Crippen MR) is 65.4 cm³/mol. The van der Waals surface area contributed by atoms with E-state index in [1.807, 2.05) is 18.9 Å². The Hall–Kier alpha value is -1.75. The summed E-state index contributed by atoms with van der Waals surface area (Å²) in [7, 11) is 1.86. The molecule has 5 nitrogen and oxygen atoms in total. The Kier molecular flexibility index (Phi) is 3.19. The van der Waals surface area contributed by atoms with E-state index in [9.17, 15) is 5.11 Å². The largest absolute Gasteiger partial charge is 0.507 e. The summed E-state index contributed by atoms with van der Waals surface area (Å²) in [5.41, 5.74) is 0.470. The average Bonchev–Trinajstić information content (AvgIpc) is 2.77. The number of nitrogens with zero attached hydrogens (tertiary/aromatic N) is 3. The molecule has 0 saturated heterocycles. The number of hydrogen-bond acceptors (Lipinski definition) is 5. The van der Waals surface area contributed by atoms with Crippen molar-refractivity contribution in [2.24, 2.45) is 0 Å². The van der Waals surface area contributed by atoms with Gasteiger partial charge >= 0.3 is 0 Å². The second-order valence-corrected chi connectivity index (χ2v) is 4.01. The average molecular weight is 254 g/mol. The molecule has 0 atom stereocenters. The molecule has 1 aromatic carbocycles. The molecule has 0 bridgehead atoms. The monoisotopic (exact) mass is 253 g/mol. The number of hydrogen-bond donors (Lipinski definition) is 1. The van der Waals surface area contributed by atoms with Crippen LogP contribution in [-0.4, -0.2) is 28.8 Å². The molecule has 1 heterocycles. The summed E-state index contributed by atoms with van der Waals surface area (Å²) < 4.78 is 5.09. The number of benzene rings is 1. The number of aromatic hydroxyl groups is 1. The SMILES string of the molecule is CCN(C)c1noc(-c2ccc(Cl)cc2O)n1. The van der Waals surface area contributed by atoms with Crippen molar-refractivity contribution in [2.45, 2.75) is 6.92 Å². The highest BCUT2D eigenvalue weighted by Crippen LogP contribution is 2.31. The minimum atomic E-state index is 0.0202. The lowest BCUT2D eigenvalue weighted by molar-refractivity contribution is 0.424. The third-order valence-corrected chi connectivity index (χ3v) is 2.66. The first-order valence-corrected chi connectivity index (χ1v) is 5.53. The zero-order valence-corrected chi connectivity index (χ0v) is 10.3. The van der Waals surface area contributed by atoms with E-state index in [-0.39, 0.29) is 11.6 Å². The number of halogens is 1. The molecule has 0 fully saturated rings. The van der Waals surface area contributed by atoms with E-state index in [1.54, 1.807) is 12.1 Å². The van der Waals surface area contributed by atoms with Crippen molar-refractivity contribution in [1.29, 1.82) is 0 Å². The van der Waals surface area contributed by atoms with Crippen molar-refractivity contribution in [3.63, 3.8) is 0 Å². The Bertz CT molecular complexity index is 527. The molecule has 0 aliphatic carbocycles. The normalized spacial score (nSPS) is 10.5. The van der Waals surface area contributed by atoms with E-state index in [4.69, 9.17) is 16.1 Å². The van der Waals surface area contributed by atoms with Gasteiger partial charge in [0.15, 0.2) is 0 Å². The fourth-order valence-electron chi connectivity index (χ4n) is 1.31. The van der Waals surface area contributed by atoms with Gasteiger partial charge in [0.1, 0.15) is 5.75 Å². The lowest BCUT2D eigenvalue weighted by Gasteiger charge is -2.08. The van der Waals surface area contributed by atoms with Crippen molar-refractivity contribution in [1.82, 2.24) is 10.1 Å². The van der Waals surface area contributed by atoms with Crippen molar-refractivity contribution in [2.75, 3.05) is 18.5 Å². The minimum Gasteiger partial charge on any atom is -0.507 e. The highest BCUT2D eigenvalue weighted by Gasteiger charge is 2.14. The van der Waals surface area contributed by atoms with Crippen molar-refractivity contribution >= 4 is 17.5 Å². The number of anilines is 1. The molecule has 17 heavy (non-hydrogen) atoms. The topological polar surface area (TPSA) is 62.4 Å². The smallest absolute Gasteiger partial charge is 0.266 e. The zero-order valence-electron chi connectivity index (χ0n) is 9.51. The van der Waals surface area contributed by atoms with E-state index in [2.05, 4.69) is 10.1 Å². The van der Waals surface area contributed by atoms with Crippen molar-refractivity contribution < 1.29 is 9.63 Å². The first-order chi connectivity index (χ1) is 8.11. The lowest BCUT2D eigenvalue weighted by atomic mass is 10.2. The third-order valence-electron chi connectivity index (χ3n) is 2.42. The van der Waals surface area contributed by atoms with Crippen molar-refractivity contribution in [3.8, 4) is 17.2 Å². The first kappa shape index (κ1) is 11.7. The maximum atomic E-state index is 9.72. The summed E-state index contributed by atoms with van der Waals surface area (Å²) in [6, 6.07) is 4.73. The van der Waals surface area contributed by atoms with Crippen LogP contribution in [0.3, 0.4) is 0 Å². The van der Waals surface area contributed by atoms with E-state index in [0.29, 0.717) is 16.5 Å². The van der Waals surface area contributed by atoms with Gasteiger partial charge in [0.05, 0.1) is 5.56 Å². The molecular weight excluding hydrogens is 242 g/mol. The molecule has 0 spiro atoms. The van der Waals surface area contributed by atoms with E-state index in [1.165, 1.54) is 6.07 Å². The second-order valence-electron chi connectivity index (χ2n) is 3.58. The van der Waals surface area contributed by atoms with Crippen LogP contribution in [0.1, 0.15) is 6.92 Å². The van der Waals surface area contributed by atoms with Crippen LogP contribution in [-0.2, 0) is 0 Å². The summed E-state index contributed by atoms with van der Waals surface area (Å²) in [5.74, 6) is 0.776. The van der Waals surface area contributed by atoms with Crippen LogP contribution in [0.15, 0.2) is 22.7 Å². The zero-order chi connectivity index (χ0) is 12.4. The van der Waals surface area contributed by atoms with E-state index >= 15 is 0 Å². The molecule has 1 N–H and O–H groups in total. The molecule has 0 amide bonds. The minimum absolute atomic E-state index is 0.0202. The van der Waals surface area contributed by atoms with Gasteiger partial charge in [-0.2, -0.15) is 4.98 Å². The van der Waals surface area contributed by atoms with Gasteiger partial charge in [0, 0.05) is 18.6 Å². The van der Waals surface area contributed by atoms with Crippen LogP contribution in [0.25, 0.3) is 11.5 Å². The molecule has 0 aliphatic rings. The Morgan fingerprint density at radius 3 is 2.88 bits per heavy atom. The summed E-state index contributed by atoms with van der Waals surface area (Å²) in [4.78, 5) is 6.02. The quantitative estimate of drug-likeness (QED) is 0.911. The highest BCUT2D eigenvalue weighted by molar-refractivity contribution is 6.30. The van der Waals surface area contributed by atoms with Gasteiger partial charge < -0.3 is 14.5 Å². The van der Waals surface area contributed by atoms with Crippen LogP contribution >= 0.6 is 11.6 Å². The third kappa shape index (κ3) is 2.34. The molecule has 0 unspecified atom stereocenters. The van der Waals surface area contributed by atoms with Crippen LogP contribution in [0.2, 0.25) is 5.02 Å². The summed E-state index contributed by atoms with van der Waals surface area (Å²) >= 11 is 5.75. The molecule has 0 saturated carbocycles. The maximum Gasteiger partial charge on any atom is 0.266 e. The summed E-state index contributed by atoms with van der Waals surface area (Å²) in [5, 5.41) is 14.0. The number of phenolic OH excluding ortho intramolecular Hbond substituents is 1. The fraction of sp³-hybridized carbons (Fsp3) is 0.273. The van der Waals surface area contributed by atoms with Gasteiger partial charge in [-0.3, -0.25) is 0 Å². The molecule has 1 aromatic heterocycles. The van der Waals surface area contributed by atoms with Crippen LogP contribution in [0.5, 0.6) is 5.75 Å². The molecule has 0 radical (unpaired) electrons. The molecule has 6 heteroatoms. The molecule has 90 valence electrons. The van der Waals surface area contributed by atoms with Gasteiger partial charge in [0.25, 0.3) is 11.8 Å². The number of aromatic nitrogens is 2. The van der Waals surface area contributed by atoms with E-state index in [0.717, 1.165) is 6.54 Å². The summed E-state index contributed by atoms with van der Waals surface area (Å²) in [6.07, 6.45) is 0. The van der Waals surface area contributed by atoms with Gasteiger partial charge in [-0.1, -0.05) is 11.6 Å². The van der Waals surface area contributed by atoms with Gasteiger partial charge in [0.2, 0.25) is 0 Å². The number of rotatable bonds is 3. The lowest BCUT2D eigenvalue weighted by Crippen LogP contribution is -2.16. The maximum absolute atomic E-state index is 9.72. The van der Waals surface area contributed by atoms with Crippen molar-refractivity contribution in [3.05, 3.63) is 23.2 Å². The van der Waals surface area contributed by atoms with Crippen LogP contribution in [0.4, 0.5) is 5.95 Å². The molecule has 0 aliphatic heterocycles. The Morgan fingerprint density at radius 1 is 1.47 bits per heavy atom. The first-order valence-electron chi connectivity index (χ1n) is 5.15. The molecular formula is C11H12ClN3O2.